The predicted molar refractivity (Wildman–Crippen MR) is 200 cm³/mol. The van der Waals surface area contributed by atoms with Crippen LogP contribution < -0.4 is 10.6 Å². The fourth-order valence-electron chi connectivity index (χ4n) is 5.85. The maximum Gasteiger partial charge on any atom is 0.294 e. The van der Waals surface area contributed by atoms with Gasteiger partial charge in [-0.15, -0.1) is 0 Å². The summed E-state index contributed by atoms with van der Waals surface area (Å²) in [5.41, 5.74) is 8.63. The first kappa shape index (κ1) is 36.6. The van der Waals surface area contributed by atoms with Gasteiger partial charge in [0.2, 0.25) is 0 Å². The zero-order chi connectivity index (χ0) is 37.1. The van der Waals surface area contributed by atoms with E-state index in [2.05, 4.69) is 10.6 Å². The Morgan fingerprint density at radius 2 is 0.750 bits per heavy atom. The number of nitrogens with one attached hydrogen (secondary N) is 2. The molecule has 1 saturated carbocycles. The minimum Gasteiger partial charge on any atom is -0.356 e. The molecule has 12 nitrogen and oxygen atoms in total. The van der Waals surface area contributed by atoms with Crippen LogP contribution in [0.15, 0.2) is 147 Å². The summed E-state index contributed by atoms with van der Waals surface area (Å²) in [4.78, 5) is 4.14. The van der Waals surface area contributed by atoms with E-state index in [9.17, 15) is 38.9 Å². The fourth-order valence-corrected chi connectivity index (χ4v) is 7.29. The van der Waals surface area contributed by atoms with Gasteiger partial charge in [0.1, 0.15) is 0 Å². The first-order valence-electron chi connectivity index (χ1n) is 15.9. The number of nitrogens with zero attached hydrogens (tertiary/aromatic N) is 1. The van der Waals surface area contributed by atoms with Gasteiger partial charge in [-0.1, -0.05) is 29.8 Å². The molecular formula is C37H33N3O9S3. The van der Waals surface area contributed by atoms with Crippen LogP contribution in [-0.2, 0) is 30.4 Å². The van der Waals surface area contributed by atoms with E-state index in [0.717, 1.165) is 46.6 Å². The molecule has 0 aliphatic heterocycles. The van der Waals surface area contributed by atoms with Crippen LogP contribution in [-0.4, -0.2) is 44.6 Å². The zero-order valence-electron chi connectivity index (χ0n) is 27.3. The van der Waals surface area contributed by atoms with E-state index in [4.69, 9.17) is 4.99 Å². The van der Waals surface area contributed by atoms with Crippen molar-refractivity contribution in [1.82, 2.24) is 0 Å². The van der Waals surface area contributed by atoms with E-state index < -0.39 is 30.4 Å². The summed E-state index contributed by atoms with van der Waals surface area (Å²) >= 11 is 0. The second-order valence-electron chi connectivity index (χ2n) is 12.0. The Kier molecular flexibility index (Phi) is 10.4. The fraction of sp³-hybridized carbons (Fsp3) is 0.108. The van der Waals surface area contributed by atoms with Gasteiger partial charge < -0.3 is 10.6 Å². The van der Waals surface area contributed by atoms with Gasteiger partial charge in [0, 0.05) is 28.5 Å². The van der Waals surface area contributed by atoms with Crippen LogP contribution in [0.1, 0.15) is 36.8 Å². The van der Waals surface area contributed by atoms with Crippen LogP contribution in [0.4, 0.5) is 28.4 Å². The number of rotatable bonds is 10. The molecule has 0 aromatic heterocycles. The highest BCUT2D eigenvalue weighted by Gasteiger charge is 2.19. The van der Waals surface area contributed by atoms with Crippen LogP contribution in [0.5, 0.6) is 0 Å². The molecule has 6 rings (SSSR count). The topological polar surface area (TPSA) is 200 Å². The smallest absolute Gasteiger partial charge is 0.294 e. The summed E-state index contributed by atoms with van der Waals surface area (Å²) in [6, 6.07) is 33.0. The van der Waals surface area contributed by atoms with E-state index in [1.807, 2.05) is 48.5 Å². The van der Waals surface area contributed by atoms with Crippen molar-refractivity contribution in [3.63, 3.8) is 0 Å². The standard InChI is InChI=1S/C37H33N3O9S3/c41-50(42,43)34-19-13-31(14-20-34)38-28-7-1-25(2-8-28)37(26-3-9-29(10-4-26)39-32-15-21-35(22-16-32)51(44,45)46)27-5-11-30(12-6-27)40-33-17-23-36(24-18-33)52(47,48)49/h1-4,7-10,13-24,38-39H,5-6,11-12H2,(H,41,42,43)(H,44,45,46)(H,47,48,49). The third-order valence-electron chi connectivity index (χ3n) is 8.43. The molecular weight excluding hydrogens is 727 g/mol. The molecule has 0 spiro atoms. The Labute approximate surface area is 301 Å². The number of benzene rings is 5. The molecule has 268 valence electrons. The van der Waals surface area contributed by atoms with Crippen molar-refractivity contribution in [2.75, 3.05) is 10.6 Å². The lowest BCUT2D eigenvalue weighted by atomic mass is 9.84. The van der Waals surface area contributed by atoms with Gasteiger partial charge in [-0.05, 0) is 139 Å². The molecule has 52 heavy (non-hydrogen) atoms. The first-order chi connectivity index (χ1) is 24.6. The summed E-state index contributed by atoms with van der Waals surface area (Å²) in [6.45, 7) is 0. The van der Waals surface area contributed by atoms with E-state index in [-0.39, 0.29) is 14.7 Å². The van der Waals surface area contributed by atoms with Crippen LogP contribution >= 0.6 is 0 Å². The Hall–Kier alpha value is -5.16. The lowest BCUT2D eigenvalue weighted by molar-refractivity contribution is 0.481. The number of anilines is 4. The summed E-state index contributed by atoms with van der Waals surface area (Å²) < 4.78 is 96.2. The monoisotopic (exact) mass is 759 g/mol. The molecule has 0 bridgehead atoms. The molecule has 0 radical (unpaired) electrons. The van der Waals surface area contributed by atoms with Crippen LogP contribution in [0.25, 0.3) is 5.57 Å². The second kappa shape index (κ2) is 14.8. The van der Waals surface area contributed by atoms with E-state index in [1.165, 1.54) is 42.0 Å². The van der Waals surface area contributed by atoms with Gasteiger partial charge in [0.25, 0.3) is 30.4 Å². The van der Waals surface area contributed by atoms with Gasteiger partial charge in [0.05, 0.1) is 20.4 Å². The van der Waals surface area contributed by atoms with Gasteiger partial charge in [-0.2, -0.15) is 25.3 Å². The molecule has 1 aliphatic carbocycles. The van der Waals surface area contributed by atoms with Gasteiger partial charge in [0.15, 0.2) is 0 Å². The number of aliphatic imine (C=N–C) groups is 1. The van der Waals surface area contributed by atoms with E-state index in [0.29, 0.717) is 29.9 Å². The predicted octanol–water partition coefficient (Wildman–Crippen LogP) is 8.06. The summed E-state index contributed by atoms with van der Waals surface area (Å²) in [7, 11) is -12.9. The summed E-state index contributed by atoms with van der Waals surface area (Å²) in [6.07, 6.45) is 2.85. The molecule has 0 amide bonds. The lowest BCUT2D eigenvalue weighted by Gasteiger charge is -2.22. The van der Waals surface area contributed by atoms with Crippen LogP contribution in [0.3, 0.4) is 0 Å². The van der Waals surface area contributed by atoms with E-state index in [1.54, 1.807) is 36.4 Å². The van der Waals surface area contributed by atoms with Crippen LogP contribution in [0, 0.1) is 0 Å². The van der Waals surface area contributed by atoms with Gasteiger partial charge in [-0.25, -0.2) is 0 Å². The first-order valence-corrected chi connectivity index (χ1v) is 20.2. The molecule has 1 fully saturated rings. The molecule has 0 atom stereocenters. The summed E-state index contributed by atoms with van der Waals surface area (Å²) in [5.74, 6) is 0. The average Bonchev–Trinajstić information content (AvgIpc) is 3.10. The minimum atomic E-state index is -4.30. The van der Waals surface area contributed by atoms with Crippen molar-refractivity contribution in [2.24, 2.45) is 4.99 Å². The van der Waals surface area contributed by atoms with Gasteiger partial charge >= 0.3 is 0 Å². The Bertz CT molecular complexity index is 2350. The summed E-state index contributed by atoms with van der Waals surface area (Å²) in [5, 5.41) is 6.48. The maximum absolute atomic E-state index is 11.4. The molecule has 1 aliphatic rings. The molecule has 5 aromatic rings. The molecule has 5 aromatic carbocycles. The van der Waals surface area contributed by atoms with Crippen LogP contribution in [0.2, 0.25) is 0 Å². The highest BCUT2D eigenvalue weighted by molar-refractivity contribution is 7.86. The second-order valence-corrected chi connectivity index (χ2v) is 16.3. The number of allylic oxidation sites excluding steroid dienone is 1. The zero-order valence-corrected chi connectivity index (χ0v) is 29.8. The Morgan fingerprint density at radius 3 is 1.08 bits per heavy atom. The van der Waals surface area contributed by atoms with Gasteiger partial charge in [-0.3, -0.25) is 18.7 Å². The Balaban J connectivity index is 1.26. The van der Waals surface area contributed by atoms with Crippen molar-refractivity contribution in [3.05, 3.63) is 138 Å². The van der Waals surface area contributed by atoms with Crippen molar-refractivity contribution in [3.8, 4) is 0 Å². The number of hydrogen-bond acceptors (Lipinski definition) is 9. The highest BCUT2D eigenvalue weighted by Crippen LogP contribution is 2.36. The highest BCUT2D eigenvalue weighted by atomic mass is 32.2. The average molecular weight is 760 g/mol. The van der Waals surface area contributed by atoms with Crippen molar-refractivity contribution >= 4 is 70.1 Å². The minimum absolute atomic E-state index is 0.192. The number of hydrogen-bond donors (Lipinski definition) is 5. The Morgan fingerprint density at radius 1 is 0.442 bits per heavy atom. The normalized spacial score (nSPS) is 13.8. The molecule has 0 unspecified atom stereocenters. The lowest BCUT2D eigenvalue weighted by Crippen LogP contribution is -2.09. The van der Waals surface area contributed by atoms with Crippen molar-refractivity contribution in [2.45, 2.75) is 40.4 Å². The van der Waals surface area contributed by atoms with E-state index >= 15 is 0 Å². The maximum atomic E-state index is 11.4. The SMILES string of the molecule is O=S(=O)(O)c1ccc(N=C2CCC(=C(c3ccc(Nc4ccc(S(=O)(=O)O)cc4)cc3)c3ccc(Nc4ccc(S(=O)(=O)O)cc4)cc3)CC2)cc1. The van der Waals surface area contributed by atoms with Crippen molar-refractivity contribution in [1.29, 1.82) is 0 Å². The molecule has 0 saturated heterocycles. The third-order valence-corrected chi connectivity index (χ3v) is 11.0. The van der Waals surface area contributed by atoms with Crippen molar-refractivity contribution < 1.29 is 38.9 Å². The molecule has 15 heteroatoms. The molecule has 0 heterocycles. The third kappa shape index (κ3) is 9.19. The molecule has 5 N–H and O–H groups in total. The largest absolute Gasteiger partial charge is 0.356 e. The quantitative estimate of drug-likeness (QED) is 0.0863.